The van der Waals surface area contributed by atoms with Crippen molar-refractivity contribution >= 4 is 36.0 Å². The maximum atomic E-state index is 11.6. The summed E-state index contributed by atoms with van der Waals surface area (Å²) in [5, 5.41) is 2.96. The quantitative estimate of drug-likeness (QED) is 0.639. The number of carbonyl (C=O) groups excluding carboxylic acids is 1. The summed E-state index contributed by atoms with van der Waals surface area (Å²) < 4.78 is 0. The van der Waals surface area contributed by atoms with Gasteiger partial charge in [-0.15, -0.1) is 11.8 Å². The molecular formula is C12H16N2OS2. The molecule has 1 aliphatic heterocycles. The van der Waals surface area contributed by atoms with Gasteiger partial charge in [0.15, 0.2) is 0 Å². The number of anilines is 1. The zero-order valence-electron chi connectivity index (χ0n) is 10.1. The first-order valence-corrected chi connectivity index (χ1v) is 6.84. The standard InChI is InChI=1S/C12H16N2OS2/c1-7-11(15)13-9-6-8(12(16)14(2)3)4-5-10(9)17-7/h4-7,12,16H,1-3H3,(H,13,15). The van der Waals surface area contributed by atoms with Gasteiger partial charge in [0.25, 0.3) is 0 Å². The third kappa shape index (κ3) is 2.61. The Balaban J connectivity index is 2.32. The smallest absolute Gasteiger partial charge is 0.237 e. The number of fused-ring (bicyclic) bond motifs is 1. The lowest BCUT2D eigenvalue weighted by molar-refractivity contribution is -0.115. The third-order valence-corrected chi connectivity index (χ3v) is 4.66. The van der Waals surface area contributed by atoms with Crippen LogP contribution in [0, 0.1) is 0 Å². The van der Waals surface area contributed by atoms with Crippen molar-refractivity contribution in [2.45, 2.75) is 22.4 Å². The molecular weight excluding hydrogens is 252 g/mol. The van der Waals surface area contributed by atoms with Crippen LogP contribution in [-0.2, 0) is 4.79 Å². The fourth-order valence-electron chi connectivity index (χ4n) is 1.69. The fourth-order valence-corrected chi connectivity index (χ4v) is 2.78. The maximum Gasteiger partial charge on any atom is 0.237 e. The van der Waals surface area contributed by atoms with E-state index in [0.717, 1.165) is 16.1 Å². The maximum absolute atomic E-state index is 11.6. The number of rotatable bonds is 2. The lowest BCUT2D eigenvalue weighted by atomic mass is 10.2. The van der Waals surface area contributed by atoms with Gasteiger partial charge in [-0.1, -0.05) is 6.07 Å². The molecule has 2 atom stereocenters. The molecule has 0 saturated heterocycles. The molecule has 0 fully saturated rings. The highest BCUT2D eigenvalue weighted by molar-refractivity contribution is 8.00. The van der Waals surface area contributed by atoms with E-state index in [1.807, 2.05) is 32.0 Å². The van der Waals surface area contributed by atoms with Crippen LogP contribution < -0.4 is 5.32 Å². The monoisotopic (exact) mass is 268 g/mol. The van der Waals surface area contributed by atoms with E-state index < -0.39 is 0 Å². The SMILES string of the molecule is CC1Sc2ccc(C(S)N(C)C)cc2NC1=O. The van der Waals surface area contributed by atoms with E-state index in [-0.39, 0.29) is 16.5 Å². The van der Waals surface area contributed by atoms with Crippen molar-refractivity contribution in [1.82, 2.24) is 4.90 Å². The molecule has 0 spiro atoms. The molecule has 5 heteroatoms. The second-order valence-electron chi connectivity index (χ2n) is 4.34. The number of benzene rings is 1. The Morgan fingerprint density at radius 2 is 2.18 bits per heavy atom. The largest absolute Gasteiger partial charge is 0.324 e. The number of hydrogen-bond acceptors (Lipinski definition) is 4. The molecule has 0 aromatic heterocycles. The zero-order valence-corrected chi connectivity index (χ0v) is 11.8. The first-order chi connectivity index (χ1) is 7.99. The highest BCUT2D eigenvalue weighted by Gasteiger charge is 2.23. The second-order valence-corrected chi connectivity index (χ2v) is 6.21. The van der Waals surface area contributed by atoms with E-state index in [0.29, 0.717) is 0 Å². The Morgan fingerprint density at radius 3 is 2.82 bits per heavy atom. The Morgan fingerprint density at radius 1 is 1.47 bits per heavy atom. The number of carbonyl (C=O) groups is 1. The second kappa shape index (κ2) is 4.92. The number of hydrogen-bond donors (Lipinski definition) is 2. The van der Waals surface area contributed by atoms with Gasteiger partial charge in [-0.05, 0) is 38.7 Å². The van der Waals surface area contributed by atoms with E-state index in [9.17, 15) is 4.79 Å². The molecule has 1 aromatic carbocycles. The molecule has 1 aliphatic rings. The third-order valence-electron chi connectivity index (χ3n) is 2.72. The summed E-state index contributed by atoms with van der Waals surface area (Å²) in [5.74, 6) is 0.0696. The lowest BCUT2D eigenvalue weighted by Gasteiger charge is -2.24. The normalized spacial score (nSPS) is 21.0. The molecule has 1 N–H and O–H groups in total. The van der Waals surface area contributed by atoms with Crippen LogP contribution in [0.5, 0.6) is 0 Å². The van der Waals surface area contributed by atoms with E-state index in [1.165, 1.54) is 0 Å². The summed E-state index contributed by atoms with van der Waals surface area (Å²) in [7, 11) is 3.96. The van der Waals surface area contributed by atoms with Gasteiger partial charge in [0.2, 0.25) is 5.91 Å². The van der Waals surface area contributed by atoms with Gasteiger partial charge in [-0.2, -0.15) is 12.6 Å². The summed E-state index contributed by atoms with van der Waals surface area (Å²) in [6.07, 6.45) is 0. The molecule has 2 rings (SSSR count). The topological polar surface area (TPSA) is 32.3 Å². The predicted octanol–water partition coefficient (Wildman–Crippen LogP) is 2.61. The highest BCUT2D eigenvalue weighted by atomic mass is 32.2. The highest BCUT2D eigenvalue weighted by Crippen LogP contribution is 2.37. The Labute approximate surface area is 111 Å². The molecule has 1 heterocycles. The summed E-state index contributed by atoms with van der Waals surface area (Å²) in [4.78, 5) is 14.8. The fraction of sp³-hybridized carbons (Fsp3) is 0.417. The molecule has 92 valence electrons. The van der Waals surface area contributed by atoms with Crippen molar-refractivity contribution in [3.05, 3.63) is 23.8 Å². The first kappa shape index (κ1) is 12.8. The summed E-state index contributed by atoms with van der Waals surface area (Å²) in [6.45, 7) is 1.91. The Hall–Kier alpha value is -0.650. The Bertz CT molecular complexity index is 448. The lowest BCUT2D eigenvalue weighted by Crippen LogP contribution is -2.26. The van der Waals surface area contributed by atoms with Gasteiger partial charge in [-0.3, -0.25) is 9.69 Å². The molecule has 3 nitrogen and oxygen atoms in total. The van der Waals surface area contributed by atoms with Crippen LogP contribution >= 0.6 is 24.4 Å². The van der Waals surface area contributed by atoms with Crippen LogP contribution in [0.25, 0.3) is 0 Å². The molecule has 1 amide bonds. The average Bonchev–Trinajstić information content (AvgIpc) is 2.29. The minimum atomic E-state index is -0.0194. The van der Waals surface area contributed by atoms with Crippen LogP contribution in [-0.4, -0.2) is 30.2 Å². The number of thiol groups is 1. The van der Waals surface area contributed by atoms with Gasteiger partial charge in [0.1, 0.15) is 0 Å². The van der Waals surface area contributed by atoms with Gasteiger partial charge in [-0.25, -0.2) is 0 Å². The van der Waals surface area contributed by atoms with Crippen molar-refractivity contribution in [2.24, 2.45) is 0 Å². The molecule has 1 aromatic rings. The van der Waals surface area contributed by atoms with Crippen LogP contribution in [0.2, 0.25) is 0 Å². The molecule has 0 radical (unpaired) electrons. The molecule has 0 saturated carbocycles. The van der Waals surface area contributed by atoms with Gasteiger partial charge < -0.3 is 5.32 Å². The number of thioether (sulfide) groups is 1. The molecule has 17 heavy (non-hydrogen) atoms. The van der Waals surface area contributed by atoms with Crippen molar-refractivity contribution in [3.8, 4) is 0 Å². The molecule has 0 aliphatic carbocycles. The van der Waals surface area contributed by atoms with E-state index in [2.05, 4.69) is 30.1 Å². The molecule has 2 unspecified atom stereocenters. The number of nitrogens with zero attached hydrogens (tertiary/aromatic N) is 1. The number of nitrogens with one attached hydrogen (secondary N) is 1. The van der Waals surface area contributed by atoms with Crippen molar-refractivity contribution in [3.63, 3.8) is 0 Å². The van der Waals surface area contributed by atoms with Crippen LogP contribution in [0.15, 0.2) is 23.1 Å². The van der Waals surface area contributed by atoms with Gasteiger partial charge in [0, 0.05) is 4.90 Å². The average molecular weight is 268 g/mol. The van der Waals surface area contributed by atoms with E-state index in [4.69, 9.17) is 0 Å². The zero-order chi connectivity index (χ0) is 12.6. The Kier molecular flexibility index (Phi) is 3.70. The number of amides is 1. The van der Waals surface area contributed by atoms with Gasteiger partial charge >= 0.3 is 0 Å². The van der Waals surface area contributed by atoms with E-state index >= 15 is 0 Å². The summed E-state index contributed by atoms with van der Waals surface area (Å²) in [6, 6.07) is 6.12. The summed E-state index contributed by atoms with van der Waals surface area (Å²) >= 11 is 6.13. The molecule has 0 bridgehead atoms. The van der Waals surface area contributed by atoms with Gasteiger partial charge in [0.05, 0.1) is 16.3 Å². The van der Waals surface area contributed by atoms with Crippen molar-refractivity contribution < 1.29 is 4.79 Å². The summed E-state index contributed by atoms with van der Waals surface area (Å²) in [5.41, 5.74) is 1.99. The first-order valence-electron chi connectivity index (χ1n) is 5.45. The van der Waals surface area contributed by atoms with Crippen LogP contribution in [0.3, 0.4) is 0 Å². The van der Waals surface area contributed by atoms with Crippen LogP contribution in [0.1, 0.15) is 17.9 Å². The van der Waals surface area contributed by atoms with Crippen LogP contribution in [0.4, 0.5) is 5.69 Å². The minimum Gasteiger partial charge on any atom is -0.324 e. The minimum absolute atomic E-state index is 0.0194. The van der Waals surface area contributed by atoms with Crippen molar-refractivity contribution in [2.75, 3.05) is 19.4 Å². The predicted molar refractivity (Wildman–Crippen MR) is 75.8 cm³/mol. The van der Waals surface area contributed by atoms with E-state index in [1.54, 1.807) is 11.8 Å². The van der Waals surface area contributed by atoms with Crippen molar-refractivity contribution in [1.29, 1.82) is 0 Å².